The van der Waals surface area contributed by atoms with E-state index in [9.17, 15) is 4.79 Å². The number of guanidine groups is 1. The summed E-state index contributed by atoms with van der Waals surface area (Å²) in [6.07, 6.45) is 6.27. The molecule has 3 saturated heterocycles. The van der Waals surface area contributed by atoms with Crippen molar-refractivity contribution in [3.63, 3.8) is 0 Å². The topological polar surface area (TPSA) is 78.2 Å². The lowest BCUT2D eigenvalue weighted by Gasteiger charge is -2.36. The first kappa shape index (κ1) is 22.3. The minimum Gasteiger partial charge on any atom is -0.373 e. The molecule has 9 nitrogen and oxygen atoms in total. The highest BCUT2D eigenvalue weighted by molar-refractivity contribution is 14.0. The molecule has 0 bridgehead atoms. The number of piperazine rings is 1. The van der Waals surface area contributed by atoms with E-state index in [1.54, 1.807) is 15.8 Å². The number of fused-ring (bicyclic) bond motifs is 1. The summed E-state index contributed by atoms with van der Waals surface area (Å²) in [7, 11) is 1.86. The van der Waals surface area contributed by atoms with Gasteiger partial charge in [0.05, 0.1) is 31.1 Å². The second-order valence-electron chi connectivity index (χ2n) is 7.78. The Bertz CT molecular complexity index is 725. The van der Waals surface area contributed by atoms with Crippen LogP contribution in [0.2, 0.25) is 0 Å². The Balaban J connectivity index is 0.00000240. The van der Waals surface area contributed by atoms with Crippen molar-refractivity contribution < 1.29 is 9.53 Å². The Labute approximate surface area is 189 Å². The van der Waals surface area contributed by atoms with Crippen LogP contribution in [0.4, 0.5) is 5.69 Å². The largest absolute Gasteiger partial charge is 0.373 e. The molecule has 1 aromatic rings. The van der Waals surface area contributed by atoms with Crippen LogP contribution in [0, 0.1) is 0 Å². The number of aryl methyl sites for hydroxylation is 1. The third-order valence-electron chi connectivity index (χ3n) is 5.76. The van der Waals surface area contributed by atoms with E-state index in [0.29, 0.717) is 25.7 Å². The molecule has 4 rings (SSSR count). The summed E-state index contributed by atoms with van der Waals surface area (Å²) in [6, 6.07) is 0.603. The third kappa shape index (κ3) is 5.21. The van der Waals surface area contributed by atoms with Crippen LogP contribution in [-0.2, 0) is 16.6 Å². The number of nitrogens with zero attached hydrogens (tertiary/aromatic N) is 6. The first-order chi connectivity index (χ1) is 13.6. The van der Waals surface area contributed by atoms with Crippen molar-refractivity contribution >= 4 is 41.5 Å². The number of aromatic nitrogens is 2. The average molecular weight is 517 g/mol. The molecule has 1 amide bonds. The minimum absolute atomic E-state index is 0. The Morgan fingerprint density at radius 3 is 2.97 bits per heavy atom. The summed E-state index contributed by atoms with van der Waals surface area (Å²) in [6.45, 7) is 8.10. The minimum atomic E-state index is 0. The highest BCUT2D eigenvalue weighted by Gasteiger charge is 2.32. The summed E-state index contributed by atoms with van der Waals surface area (Å²) >= 11 is 0. The zero-order chi connectivity index (χ0) is 19.5. The monoisotopic (exact) mass is 517 g/mol. The lowest BCUT2D eigenvalue weighted by Crippen LogP contribution is -2.55. The van der Waals surface area contributed by atoms with Crippen LogP contribution in [0.1, 0.15) is 19.8 Å². The highest BCUT2D eigenvalue weighted by Crippen LogP contribution is 2.22. The maximum atomic E-state index is 12.7. The number of carbonyl (C=O) groups is 1. The molecule has 10 heteroatoms. The zero-order valence-electron chi connectivity index (χ0n) is 17.3. The van der Waals surface area contributed by atoms with Crippen LogP contribution >= 0.6 is 24.0 Å². The lowest BCUT2D eigenvalue weighted by molar-refractivity contribution is -0.120. The first-order valence-corrected chi connectivity index (χ1v) is 10.3. The zero-order valence-corrected chi connectivity index (χ0v) is 19.6. The molecular formula is C19H32IN7O2. The van der Waals surface area contributed by atoms with Crippen LogP contribution in [0.5, 0.6) is 0 Å². The van der Waals surface area contributed by atoms with Crippen LogP contribution in [-0.4, -0.2) is 96.0 Å². The number of carbonyl (C=O) groups excluding carboxylic acids is 1. The Morgan fingerprint density at radius 2 is 2.24 bits per heavy atom. The van der Waals surface area contributed by atoms with Gasteiger partial charge in [0, 0.05) is 45.5 Å². The number of anilines is 1. The van der Waals surface area contributed by atoms with Gasteiger partial charge in [0.1, 0.15) is 6.54 Å². The van der Waals surface area contributed by atoms with Crippen molar-refractivity contribution in [1.82, 2.24) is 24.9 Å². The van der Waals surface area contributed by atoms with Crippen molar-refractivity contribution in [1.29, 1.82) is 0 Å². The van der Waals surface area contributed by atoms with Crippen molar-refractivity contribution in [2.24, 2.45) is 12.0 Å². The molecular weight excluding hydrogens is 485 g/mol. The number of hydrogen-bond donors (Lipinski definition) is 1. The van der Waals surface area contributed by atoms with Gasteiger partial charge in [0.15, 0.2) is 5.96 Å². The van der Waals surface area contributed by atoms with Gasteiger partial charge in [-0.15, -0.1) is 24.0 Å². The predicted octanol–water partition coefficient (Wildman–Crippen LogP) is 0.515. The van der Waals surface area contributed by atoms with E-state index in [1.807, 2.05) is 18.1 Å². The molecule has 3 aliphatic heterocycles. The molecule has 2 atom stereocenters. The third-order valence-corrected chi connectivity index (χ3v) is 5.76. The summed E-state index contributed by atoms with van der Waals surface area (Å²) in [5, 5.41) is 7.51. The molecule has 1 aromatic heterocycles. The molecule has 162 valence electrons. The highest BCUT2D eigenvalue weighted by atomic mass is 127. The second-order valence-corrected chi connectivity index (χ2v) is 7.78. The van der Waals surface area contributed by atoms with Crippen LogP contribution in [0.25, 0.3) is 0 Å². The van der Waals surface area contributed by atoms with Gasteiger partial charge in [-0.05, 0) is 26.3 Å². The molecule has 3 fully saturated rings. The van der Waals surface area contributed by atoms with Crippen molar-refractivity contribution in [3.8, 4) is 0 Å². The Hall–Kier alpha value is -1.40. The second kappa shape index (κ2) is 10.1. The molecule has 2 unspecified atom stereocenters. The maximum Gasteiger partial charge on any atom is 0.246 e. The van der Waals surface area contributed by atoms with Gasteiger partial charge in [0.2, 0.25) is 5.91 Å². The molecule has 0 radical (unpaired) electrons. The molecule has 0 spiro atoms. The van der Waals surface area contributed by atoms with Crippen molar-refractivity contribution in [3.05, 3.63) is 12.4 Å². The fourth-order valence-corrected chi connectivity index (χ4v) is 4.28. The van der Waals surface area contributed by atoms with Crippen LogP contribution < -0.4 is 10.2 Å². The standard InChI is InChI=1S/C19H31N7O2.HI/c1-3-20-19(21-10-17-12-24-6-4-5-15(24)14-28-17)25-7-8-26(18(27)13-25)16-9-22-23(2)11-16;/h9,11,15,17H,3-8,10,12-14H2,1-2H3,(H,20,21);1H. The fraction of sp³-hybridized carbons (Fsp3) is 0.737. The van der Waals surface area contributed by atoms with Crippen LogP contribution in [0.15, 0.2) is 17.4 Å². The quantitative estimate of drug-likeness (QED) is 0.357. The predicted molar refractivity (Wildman–Crippen MR) is 123 cm³/mol. The number of halogens is 1. The summed E-state index contributed by atoms with van der Waals surface area (Å²) in [5.41, 5.74) is 0.852. The Kier molecular flexibility index (Phi) is 7.74. The number of ether oxygens (including phenoxy) is 1. The van der Waals surface area contributed by atoms with Gasteiger partial charge in [-0.3, -0.25) is 19.4 Å². The number of amides is 1. The van der Waals surface area contributed by atoms with Gasteiger partial charge < -0.3 is 19.9 Å². The van der Waals surface area contributed by atoms with E-state index in [1.165, 1.54) is 19.4 Å². The van der Waals surface area contributed by atoms with Crippen LogP contribution in [0.3, 0.4) is 0 Å². The normalized spacial score (nSPS) is 25.7. The molecule has 29 heavy (non-hydrogen) atoms. The number of hydrogen-bond acceptors (Lipinski definition) is 5. The number of rotatable bonds is 4. The van der Waals surface area contributed by atoms with E-state index in [2.05, 4.69) is 22.2 Å². The van der Waals surface area contributed by atoms with Gasteiger partial charge in [-0.25, -0.2) is 0 Å². The number of nitrogens with one attached hydrogen (secondary N) is 1. The molecule has 0 aliphatic carbocycles. The molecule has 0 aromatic carbocycles. The number of aliphatic imine (C=N–C) groups is 1. The molecule has 3 aliphatic rings. The van der Waals surface area contributed by atoms with Crippen molar-refractivity contribution in [2.45, 2.75) is 31.9 Å². The van der Waals surface area contributed by atoms with E-state index in [0.717, 1.165) is 37.9 Å². The summed E-state index contributed by atoms with van der Waals surface area (Å²) in [4.78, 5) is 23.9. The van der Waals surface area contributed by atoms with Gasteiger partial charge in [-0.1, -0.05) is 0 Å². The smallest absolute Gasteiger partial charge is 0.246 e. The summed E-state index contributed by atoms with van der Waals surface area (Å²) < 4.78 is 7.74. The molecule has 4 heterocycles. The van der Waals surface area contributed by atoms with Gasteiger partial charge in [0.25, 0.3) is 0 Å². The number of morpholine rings is 1. The Morgan fingerprint density at radius 1 is 1.38 bits per heavy atom. The fourth-order valence-electron chi connectivity index (χ4n) is 4.28. The van der Waals surface area contributed by atoms with E-state index < -0.39 is 0 Å². The van der Waals surface area contributed by atoms with Crippen molar-refractivity contribution in [2.75, 3.05) is 57.3 Å². The molecule has 0 saturated carbocycles. The maximum absolute atomic E-state index is 12.7. The summed E-state index contributed by atoms with van der Waals surface area (Å²) in [5.74, 6) is 0.868. The van der Waals surface area contributed by atoms with Gasteiger partial charge >= 0.3 is 0 Å². The first-order valence-electron chi connectivity index (χ1n) is 10.3. The SMILES string of the molecule is CCNC(=NCC1CN2CCCC2CO1)N1CCN(c2cnn(C)c2)C(=O)C1.I. The lowest BCUT2D eigenvalue weighted by atomic mass is 10.2. The van der Waals surface area contributed by atoms with E-state index in [-0.39, 0.29) is 36.0 Å². The molecule has 1 N–H and O–H groups in total. The van der Waals surface area contributed by atoms with E-state index in [4.69, 9.17) is 9.73 Å². The van der Waals surface area contributed by atoms with E-state index >= 15 is 0 Å². The van der Waals surface area contributed by atoms with Gasteiger partial charge in [-0.2, -0.15) is 5.10 Å². The average Bonchev–Trinajstić information content (AvgIpc) is 3.33.